The van der Waals surface area contributed by atoms with Crippen molar-refractivity contribution in [3.63, 3.8) is 0 Å². The number of ether oxygens (including phenoxy) is 3. The SMILES string of the molecule is COc1cc(NC(=O)CNC2(c3cccc(Br)c3)CCC2)cc(OC)c1OC. The quantitative estimate of drug-likeness (QED) is 0.636. The second-order valence-electron chi connectivity index (χ2n) is 6.76. The second kappa shape index (κ2) is 8.84. The molecule has 0 heterocycles. The smallest absolute Gasteiger partial charge is 0.238 e. The van der Waals surface area contributed by atoms with Gasteiger partial charge in [0.25, 0.3) is 0 Å². The molecule has 6 nitrogen and oxygen atoms in total. The van der Waals surface area contributed by atoms with Crippen LogP contribution in [0, 0.1) is 0 Å². The number of hydrogen-bond donors (Lipinski definition) is 2. The Hall–Kier alpha value is -2.25. The van der Waals surface area contributed by atoms with Crippen molar-refractivity contribution in [2.45, 2.75) is 24.8 Å². The van der Waals surface area contributed by atoms with Gasteiger partial charge in [-0.05, 0) is 37.0 Å². The third kappa shape index (κ3) is 4.25. The molecule has 2 aromatic rings. The summed E-state index contributed by atoms with van der Waals surface area (Å²) in [7, 11) is 4.63. The summed E-state index contributed by atoms with van der Waals surface area (Å²) in [6.07, 6.45) is 3.18. The zero-order chi connectivity index (χ0) is 20.1. The Balaban J connectivity index is 1.69. The minimum atomic E-state index is -0.142. The Morgan fingerprint density at radius 3 is 2.25 bits per heavy atom. The van der Waals surface area contributed by atoms with Crippen LogP contribution in [0.25, 0.3) is 0 Å². The average Bonchev–Trinajstić information content (AvgIpc) is 2.66. The van der Waals surface area contributed by atoms with Crippen LogP contribution in [0.5, 0.6) is 17.2 Å². The van der Waals surface area contributed by atoms with Crippen LogP contribution in [0.1, 0.15) is 24.8 Å². The van der Waals surface area contributed by atoms with E-state index in [1.54, 1.807) is 33.5 Å². The van der Waals surface area contributed by atoms with E-state index in [4.69, 9.17) is 14.2 Å². The minimum absolute atomic E-state index is 0.129. The summed E-state index contributed by atoms with van der Waals surface area (Å²) in [5.41, 5.74) is 1.65. The van der Waals surface area contributed by atoms with Gasteiger partial charge in [-0.25, -0.2) is 0 Å². The van der Waals surface area contributed by atoms with Crippen molar-refractivity contribution in [1.29, 1.82) is 0 Å². The number of hydrogen-bond acceptors (Lipinski definition) is 5. The first kappa shape index (κ1) is 20.5. The molecule has 7 heteroatoms. The first-order valence-electron chi connectivity index (χ1n) is 9.12. The summed E-state index contributed by atoms with van der Waals surface area (Å²) in [6, 6.07) is 11.7. The molecule has 0 saturated heterocycles. The summed E-state index contributed by atoms with van der Waals surface area (Å²) >= 11 is 3.53. The Labute approximate surface area is 173 Å². The normalized spacial score (nSPS) is 14.7. The van der Waals surface area contributed by atoms with Crippen molar-refractivity contribution < 1.29 is 19.0 Å². The highest BCUT2D eigenvalue weighted by Gasteiger charge is 2.38. The predicted molar refractivity (Wildman–Crippen MR) is 112 cm³/mol. The molecule has 3 rings (SSSR count). The Kier molecular flexibility index (Phi) is 6.46. The van der Waals surface area contributed by atoms with E-state index in [2.05, 4.69) is 38.7 Å². The molecule has 0 atom stereocenters. The maximum absolute atomic E-state index is 12.6. The van der Waals surface area contributed by atoms with Crippen LogP contribution in [-0.2, 0) is 10.3 Å². The fourth-order valence-electron chi connectivity index (χ4n) is 3.49. The van der Waals surface area contributed by atoms with Gasteiger partial charge < -0.3 is 19.5 Å². The zero-order valence-electron chi connectivity index (χ0n) is 16.3. The van der Waals surface area contributed by atoms with Crippen molar-refractivity contribution >= 4 is 27.5 Å². The molecule has 2 aromatic carbocycles. The van der Waals surface area contributed by atoms with Gasteiger partial charge in [0, 0.05) is 27.8 Å². The summed E-state index contributed by atoms with van der Waals surface area (Å²) < 4.78 is 17.0. The average molecular weight is 449 g/mol. The number of benzene rings is 2. The van der Waals surface area contributed by atoms with Crippen LogP contribution in [0.2, 0.25) is 0 Å². The molecule has 1 aliphatic rings. The van der Waals surface area contributed by atoms with Gasteiger partial charge in [0.15, 0.2) is 11.5 Å². The third-order valence-corrected chi connectivity index (χ3v) is 5.61. The molecule has 0 unspecified atom stereocenters. The molecule has 0 aliphatic heterocycles. The van der Waals surface area contributed by atoms with Gasteiger partial charge in [-0.2, -0.15) is 0 Å². The second-order valence-corrected chi connectivity index (χ2v) is 7.68. The number of rotatable bonds is 8. The monoisotopic (exact) mass is 448 g/mol. The molecule has 28 heavy (non-hydrogen) atoms. The van der Waals surface area contributed by atoms with Gasteiger partial charge in [0.05, 0.1) is 27.9 Å². The standard InChI is InChI=1S/C21H25BrN2O4/c1-26-17-11-16(12-18(27-2)20(17)28-3)24-19(25)13-23-21(8-5-9-21)14-6-4-7-15(22)10-14/h4,6-7,10-12,23H,5,8-9,13H2,1-3H3,(H,24,25). The first-order chi connectivity index (χ1) is 13.5. The van der Waals surface area contributed by atoms with Crippen LogP contribution in [0.15, 0.2) is 40.9 Å². The fraction of sp³-hybridized carbons (Fsp3) is 0.381. The maximum Gasteiger partial charge on any atom is 0.238 e. The number of anilines is 1. The van der Waals surface area contributed by atoms with Crippen molar-refractivity contribution in [1.82, 2.24) is 5.32 Å². The number of halogens is 1. The van der Waals surface area contributed by atoms with Crippen LogP contribution in [-0.4, -0.2) is 33.8 Å². The lowest BCUT2D eigenvalue weighted by Crippen LogP contribution is -2.50. The Bertz CT molecular complexity index is 827. The molecule has 1 aliphatic carbocycles. The molecule has 2 N–H and O–H groups in total. The maximum atomic E-state index is 12.6. The molecule has 1 amide bonds. The number of carbonyl (C=O) groups excluding carboxylic acids is 1. The van der Waals surface area contributed by atoms with E-state index in [9.17, 15) is 4.79 Å². The van der Waals surface area contributed by atoms with E-state index in [-0.39, 0.29) is 18.0 Å². The summed E-state index contributed by atoms with van der Waals surface area (Å²) in [5.74, 6) is 1.35. The zero-order valence-corrected chi connectivity index (χ0v) is 17.9. The summed E-state index contributed by atoms with van der Waals surface area (Å²) in [5, 5.41) is 6.36. The molecular weight excluding hydrogens is 424 g/mol. The summed E-state index contributed by atoms with van der Waals surface area (Å²) in [4.78, 5) is 12.6. The lowest BCUT2D eigenvalue weighted by molar-refractivity contribution is -0.116. The van der Waals surface area contributed by atoms with Gasteiger partial charge in [-0.1, -0.05) is 28.1 Å². The number of nitrogens with one attached hydrogen (secondary N) is 2. The molecule has 0 spiro atoms. The lowest BCUT2D eigenvalue weighted by Gasteiger charge is -2.43. The van der Waals surface area contributed by atoms with Crippen molar-refractivity contribution in [3.05, 3.63) is 46.4 Å². The topological polar surface area (TPSA) is 68.8 Å². The van der Waals surface area contributed by atoms with Crippen molar-refractivity contribution in [2.24, 2.45) is 0 Å². The summed E-state index contributed by atoms with van der Waals surface area (Å²) in [6.45, 7) is 0.211. The number of carbonyl (C=O) groups is 1. The minimum Gasteiger partial charge on any atom is -0.493 e. The molecule has 1 fully saturated rings. The fourth-order valence-corrected chi connectivity index (χ4v) is 3.89. The van der Waals surface area contributed by atoms with E-state index in [0.717, 1.165) is 23.7 Å². The van der Waals surface area contributed by atoms with E-state index in [1.807, 2.05) is 12.1 Å². The van der Waals surface area contributed by atoms with E-state index in [1.165, 1.54) is 5.56 Å². The van der Waals surface area contributed by atoms with Gasteiger partial charge in [-0.3, -0.25) is 10.1 Å². The highest BCUT2D eigenvalue weighted by atomic mass is 79.9. The predicted octanol–water partition coefficient (Wildman–Crippen LogP) is 4.08. The van der Waals surface area contributed by atoms with E-state index < -0.39 is 0 Å². The molecule has 0 bridgehead atoms. The largest absolute Gasteiger partial charge is 0.493 e. The molecule has 150 valence electrons. The molecule has 0 radical (unpaired) electrons. The van der Waals surface area contributed by atoms with Crippen LogP contribution >= 0.6 is 15.9 Å². The van der Waals surface area contributed by atoms with Gasteiger partial charge in [0.1, 0.15) is 0 Å². The van der Waals surface area contributed by atoms with E-state index in [0.29, 0.717) is 22.9 Å². The molecule has 1 saturated carbocycles. The van der Waals surface area contributed by atoms with Crippen molar-refractivity contribution in [3.8, 4) is 17.2 Å². The van der Waals surface area contributed by atoms with Gasteiger partial charge in [-0.15, -0.1) is 0 Å². The van der Waals surface area contributed by atoms with Gasteiger partial charge >= 0.3 is 0 Å². The Morgan fingerprint density at radius 2 is 1.75 bits per heavy atom. The van der Waals surface area contributed by atoms with Crippen molar-refractivity contribution in [2.75, 3.05) is 33.2 Å². The lowest BCUT2D eigenvalue weighted by atomic mass is 9.72. The van der Waals surface area contributed by atoms with E-state index >= 15 is 0 Å². The van der Waals surface area contributed by atoms with Crippen LogP contribution < -0.4 is 24.8 Å². The number of methoxy groups -OCH3 is 3. The highest BCUT2D eigenvalue weighted by molar-refractivity contribution is 9.10. The van der Waals surface area contributed by atoms with Crippen LogP contribution in [0.3, 0.4) is 0 Å². The van der Waals surface area contributed by atoms with Crippen LogP contribution in [0.4, 0.5) is 5.69 Å². The first-order valence-corrected chi connectivity index (χ1v) is 9.91. The third-order valence-electron chi connectivity index (χ3n) is 5.12. The Morgan fingerprint density at radius 1 is 1.07 bits per heavy atom. The highest BCUT2D eigenvalue weighted by Crippen LogP contribution is 2.42. The molecular formula is C21H25BrN2O4. The molecule has 0 aromatic heterocycles. The van der Waals surface area contributed by atoms with Gasteiger partial charge in [0.2, 0.25) is 11.7 Å². The number of amides is 1.